The predicted octanol–water partition coefficient (Wildman–Crippen LogP) is 3.38. The van der Waals surface area contributed by atoms with Gasteiger partial charge < -0.3 is 15.2 Å². The van der Waals surface area contributed by atoms with Crippen LogP contribution in [0.3, 0.4) is 0 Å². The maximum absolute atomic E-state index is 13.7. The van der Waals surface area contributed by atoms with E-state index < -0.39 is 5.82 Å². The van der Waals surface area contributed by atoms with Crippen LogP contribution in [-0.4, -0.2) is 23.0 Å². The van der Waals surface area contributed by atoms with Gasteiger partial charge in [0.1, 0.15) is 12.4 Å². The van der Waals surface area contributed by atoms with Gasteiger partial charge >= 0.3 is 0 Å². The summed E-state index contributed by atoms with van der Waals surface area (Å²) in [6, 6.07) is 11.8. The summed E-state index contributed by atoms with van der Waals surface area (Å²) >= 11 is 0. The van der Waals surface area contributed by atoms with E-state index in [9.17, 15) is 4.39 Å². The lowest BCUT2D eigenvalue weighted by Gasteiger charge is -2.11. The van der Waals surface area contributed by atoms with Crippen LogP contribution >= 0.6 is 0 Å². The number of nitrogen functional groups attached to an aromatic ring is 1. The highest BCUT2D eigenvalue weighted by molar-refractivity contribution is 5.80. The van der Waals surface area contributed by atoms with Crippen LogP contribution in [0.1, 0.15) is 16.8 Å². The van der Waals surface area contributed by atoms with Crippen molar-refractivity contribution in [2.75, 3.05) is 12.8 Å². The van der Waals surface area contributed by atoms with Gasteiger partial charge in [-0.1, -0.05) is 12.1 Å². The Labute approximate surface area is 150 Å². The summed E-state index contributed by atoms with van der Waals surface area (Å²) in [5.74, 6) is 0.747. The molecule has 2 aromatic carbocycles. The van der Waals surface area contributed by atoms with E-state index in [2.05, 4.69) is 10.1 Å². The van der Waals surface area contributed by atoms with Crippen molar-refractivity contribution in [2.45, 2.75) is 13.5 Å². The SMILES string of the molecule is COc1ccc(C=Nn2cc(C)nc2N)cc1COc1ccccc1F. The number of halogens is 1. The molecule has 6 nitrogen and oxygen atoms in total. The molecule has 2 N–H and O–H groups in total. The number of imidazole rings is 1. The van der Waals surface area contributed by atoms with E-state index in [0.29, 0.717) is 11.7 Å². The molecule has 0 radical (unpaired) electrons. The third-order valence-electron chi connectivity index (χ3n) is 3.69. The fourth-order valence-corrected chi connectivity index (χ4v) is 2.43. The van der Waals surface area contributed by atoms with E-state index in [1.54, 1.807) is 37.7 Å². The lowest BCUT2D eigenvalue weighted by Crippen LogP contribution is -2.02. The summed E-state index contributed by atoms with van der Waals surface area (Å²) < 4.78 is 26.1. The van der Waals surface area contributed by atoms with Crippen molar-refractivity contribution in [3.8, 4) is 11.5 Å². The van der Waals surface area contributed by atoms with E-state index in [1.165, 1.54) is 10.7 Å². The predicted molar refractivity (Wildman–Crippen MR) is 98.1 cm³/mol. The van der Waals surface area contributed by atoms with Crippen LogP contribution in [0.2, 0.25) is 0 Å². The minimum atomic E-state index is -0.407. The summed E-state index contributed by atoms with van der Waals surface area (Å²) in [5, 5.41) is 4.29. The standard InChI is InChI=1S/C19H19FN4O2/c1-13-11-24(19(21)23-13)22-10-14-7-8-17(25-2)15(9-14)12-26-18-6-4-3-5-16(18)20/h3-11H,12H2,1-2H3,(H2,21,23). The van der Waals surface area contributed by atoms with Crippen LogP contribution < -0.4 is 15.2 Å². The highest BCUT2D eigenvalue weighted by Crippen LogP contribution is 2.23. The number of ether oxygens (including phenoxy) is 2. The zero-order valence-electron chi connectivity index (χ0n) is 14.5. The maximum Gasteiger partial charge on any atom is 0.221 e. The number of para-hydroxylation sites is 1. The smallest absolute Gasteiger partial charge is 0.221 e. The largest absolute Gasteiger partial charge is 0.496 e. The van der Waals surface area contributed by atoms with E-state index in [1.807, 2.05) is 25.1 Å². The average Bonchev–Trinajstić information content (AvgIpc) is 2.96. The first kappa shape index (κ1) is 17.5. The maximum atomic E-state index is 13.7. The molecule has 0 saturated carbocycles. The van der Waals surface area contributed by atoms with E-state index in [4.69, 9.17) is 15.2 Å². The van der Waals surface area contributed by atoms with Gasteiger partial charge in [-0.25, -0.2) is 14.1 Å². The van der Waals surface area contributed by atoms with Crippen LogP contribution in [0.5, 0.6) is 11.5 Å². The first-order valence-electron chi connectivity index (χ1n) is 7.97. The number of aryl methyl sites for hydroxylation is 1. The molecule has 3 aromatic rings. The second-order valence-electron chi connectivity index (χ2n) is 5.62. The lowest BCUT2D eigenvalue weighted by molar-refractivity contribution is 0.282. The third-order valence-corrected chi connectivity index (χ3v) is 3.69. The Morgan fingerprint density at radius 2 is 2.04 bits per heavy atom. The zero-order chi connectivity index (χ0) is 18.5. The average molecular weight is 354 g/mol. The molecule has 1 aromatic heterocycles. The molecule has 134 valence electrons. The van der Waals surface area contributed by atoms with Crippen molar-refractivity contribution < 1.29 is 13.9 Å². The summed E-state index contributed by atoms with van der Waals surface area (Å²) in [4.78, 5) is 4.09. The molecule has 0 spiro atoms. The number of nitrogens with two attached hydrogens (primary N) is 1. The van der Waals surface area contributed by atoms with Gasteiger partial charge in [0.2, 0.25) is 5.95 Å². The fourth-order valence-electron chi connectivity index (χ4n) is 2.43. The number of benzene rings is 2. The van der Waals surface area contributed by atoms with Crippen LogP contribution in [0.15, 0.2) is 53.8 Å². The van der Waals surface area contributed by atoms with Gasteiger partial charge in [0.05, 0.1) is 25.2 Å². The van der Waals surface area contributed by atoms with Crippen LogP contribution in [0, 0.1) is 12.7 Å². The van der Waals surface area contributed by atoms with Crippen molar-refractivity contribution in [3.05, 3.63) is 71.3 Å². The molecule has 0 unspecified atom stereocenters. The van der Waals surface area contributed by atoms with Gasteiger partial charge in [0.15, 0.2) is 11.6 Å². The highest BCUT2D eigenvalue weighted by Gasteiger charge is 2.08. The Morgan fingerprint density at radius 1 is 1.23 bits per heavy atom. The summed E-state index contributed by atoms with van der Waals surface area (Å²) in [6.07, 6.45) is 3.39. The molecule has 7 heteroatoms. The summed E-state index contributed by atoms with van der Waals surface area (Å²) in [5.41, 5.74) is 8.15. The lowest BCUT2D eigenvalue weighted by atomic mass is 10.1. The molecule has 0 fully saturated rings. The third kappa shape index (κ3) is 4.00. The van der Waals surface area contributed by atoms with E-state index in [-0.39, 0.29) is 12.4 Å². The van der Waals surface area contributed by atoms with Crippen LogP contribution in [0.25, 0.3) is 0 Å². The number of hydrogen-bond acceptors (Lipinski definition) is 5. The molecule has 3 rings (SSSR count). The minimum absolute atomic E-state index is 0.165. The molecule has 0 amide bonds. The van der Waals surface area contributed by atoms with Crippen LogP contribution in [-0.2, 0) is 6.61 Å². The second-order valence-corrected chi connectivity index (χ2v) is 5.62. The molecule has 0 aliphatic heterocycles. The molecule has 0 aliphatic rings. The normalized spacial score (nSPS) is 11.0. The van der Waals surface area contributed by atoms with Crippen molar-refractivity contribution in [1.29, 1.82) is 0 Å². The number of aromatic nitrogens is 2. The fraction of sp³-hybridized carbons (Fsp3) is 0.158. The number of nitrogens with zero attached hydrogens (tertiary/aromatic N) is 3. The van der Waals surface area contributed by atoms with Gasteiger partial charge in [-0.15, -0.1) is 0 Å². The second kappa shape index (κ2) is 7.69. The Hall–Kier alpha value is -3.35. The molecule has 0 aliphatic carbocycles. The number of rotatable bonds is 6. The van der Waals surface area contributed by atoms with Crippen molar-refractivity contribution in [1.82, 2.24) is 9.66 Å². The Kier molecular flexibility index (Phi) is 5.17. The van der Waals surface area contributed by atoms with Gasteiger partial charge in [0, 0.05) is 5.56 Å². The molecule has 0 saturated heterocycles. The van der Waals surface area contributed by atoms with E-state index >= 15 is 0 Å². The molecular formula is C19H19FN4O2. The van der Waals surface area contributed by atoms with Crippen molar-refractivity contribution >= 4 is 12.2 Å². The monoisotopic (exact) mass is 354 g/mol. The first-order valence-corrected chi connectivity index (χ1v) is 7.97. The first-order chi connectivity index (χ1) is 12.6. The Balaban J connectivity index is 1.80. The van der Waals surface area contributed by atoms with E-state index in [0.717, 1.165) is 16.8 Å². The summed E-state index contributed by atoms with van der Waals surface area (Å²) in [7, 11) is 1.57. The number of hydrogen-bond donors (Lipinski definition) is 1. The summed E-state index contributed by atoms with van der Waals surface area (Å²) in [6.45, 7) is 2.01. The van der Waals surface area contributed by atoms with Gasteiger partial charge in [-0.3, -0.25) is 0 Å². The topological polar surface area (TPSA) is 74.7 Å². The number of anilines is 1. The zero-order valence-corrected chi connectivity index (χ0v) is 14.5. The van der Waals surface area contributed by atoms with Crippen molar-refractivity contribution in [2.24, 2.45) is 5.10 Å². The van der Waals surface area contributed by atoms with Crippen molar-refractivity contribution in [3.63, 3.8) is 0 Å². The highest BCUT2D eigenvalue weighted by atomic mass is 19.1. The van der Waals surface area contributed by atoms with Gasteiger partial charge in [-0.2, -0.15) is 5.10 Å². The van der Waals surface area contributed by atoms with Gasteiger partial charge in [0.25, 0.3) is 0 Å². The molecular weight excluding hydrogens is 335 g/mol. The van der Waals surface area contributed by atoms with Gasteiger partial charge in [-0.05, 0) is 42.8 Å². The number of methoxy groups -OCH3 is 1. The quantitative estimate of drug-likeness (QED) is 0.689. The molecule has 0 bridgehead atoms. The van der Waals surface area contributed by atoms with Crippen LogP contribution in [0.4, 0.5) is 10.3 Å². The molecule has 1 heterocycles. The Bertz CT molecular complexity index is 937. The Morgan fingerprint density at radius 3 is 2.73 bits per heavy atom. The minimum Gasteiger partial charge on any atom is -0.496 e. The molecule has 26 heavy (non-hydrogen) atoms. The molecule has 0 atom stereocenters.